The first-order valence-corrected chi connectivity index (χ1v) is 11.0. The summed E-state index contributed by atoms with van der Waals surface area (Å²) in [6.45, 7) is 1.93. The smallest absolute Gasteiger partial charge is 0.241 e. The maximum Gasteiger partial charge on any atom is 0.241 e. The summed E-state index contributed by atoms with van der Waals surface area (Å²) in [5, 5.41) is 16.8. The van der Waals surface area contributed by atoms with Gasteiger partial charge < -0.3 is 9.84 Å². The number of hydrogen-bond acceptors (Lipinski definition) is 6. The van der Waals surface area contributed by atoms with Gasteiger partial charge in [0.15, 0.2) is 0 Å². The zero-order chi connectivity index (χ0) is 22.5. The van der Waals surface area contributed by atoms with Crippen LogP contribution in [0.25, 0.3) is 11.4 Å². The van der Waals surface area contributed by atoms with Crippen LogP contribution in [-0.2, 0) is 17.8 Å². The molecule has 1 atom stereocenters. The van der Waals surface area contributed by atoms with Gasteiger partial charge >= 0.3 is 0 Å². The van der Waals surface area contributed by atoms with Gasteiger partial charge in [-0.05, 0) is 55.3 Å². The van der Waals surface area contributed by atoms with E-state index in [1.165, 1.54) is 0 Å². The second kappa shape index (κ2) is 10.1. The predicted molar refractivity (Wildman–Crippen MR) is 122 cm³/mol. The first-order valence-electron chi connectivity index (χ1n) is 10.3. The first kappa shape index (κ1) is 22.3. The fourth-order valence-corrected chi connectivity index (χ4v) is 4.24. The Hall–Kier alpha value is -2.92. The number of carbonyl (C=O) groups is 1. The Labute approximate surface area is 195 Å². The van der Waals surface area contributed by atoms with Gasteiger partial charge in [0.05, 0.1) is 30.0 Å². The fourth-order valence-electron chi connectivity index (χ4n) is 3.75. The molecular weight excluding hydrogens is 449 g/mol. The third-order valence-corrected chi connectivity index (χ3v) is 5.93. The lowest BCUT2D eigenvalue weighted by Crippen LogP contribution is -2.40. The van der Waals surface area contributed by atoms with Crippen LogP contribution < -0.4 is 5.32 Å². The molecule has 1 saturated heterocycles. The van der Waals surface area contributed by atoms with Crippen molar-refractivity contribution in [3.8, 4) is 17.5 Å². The second-order valence-electron chi connectivity index (χ2n) is 7.73. The maximum absolute atomic E-state index is 12.8. The summed E-state index contributed by atoms with van der Waals surface area (Å²) in [4.78, 5) is 19.4. The number of piperidine rings is 1. The largest absolute Gasteiger partial charge is 0.338 e. The SMILES string of the molecule is N#CCc1ccc(NC(=O)C2CCCN(Cc3nc(-c4ccc(Cl)cc4Cl)no3)C2)cc1. The minimum atomic E-state index is -0.129. The molecule has 9 heteroatoms. The summed E-state index contributed by atoms with van der Waals surface area (Å²) in [5.41, 5.74) is 2.31. The van der Waals surface area contributed by atoms with E-state index in [0.717, 1.165) is 30.6 Å². The number of amides is 1. The quantitative estimate of drug-likeness (QED) is 0.547. The molecule has 1 unspecified atom stereocenters. The van der Waals surface area contributed by atoms with Gasteiger partial charge in [0.1, 0.15) is 0 Å². The number of nitrogens with one attached hydrogen (secondary N) is 1. The number of nitrogens with zero attached hydrogens (tertiary/aromatic N) is 4. The van der Waals surface area contributed by atoms with Crippen LogP contribution in [0.5, 0.6) is 0 Å². The molecule has 3 aromatic rings. The molecule has 1 fully saturated rings. The van der Waals surface area contributed by atoms with Gasteiger partial charge in [-0.3, -0.25) is 9.69 Å². The highest BCUT2D eigenvalue weighted by Gasteiger charge is 2.27. The van der Waals surface area contributed by atoms with Crippen molar-refractivity contribution < 1.29 is 9.32 Å². The van der Waals surface area contributed by atoms with Gasteiger partial charge in [-0.15, -0.1) is 0 Å². The summed E-state index contributed by atoms with van der Waals surface area (Å²) in [5.74, 6) is 0.741. The van der Waals surface area contributed by atoms with Crippen molar-refractivity contribution in [1.82, 2.24) is 15.0 Å². The van der Waals surface area contributed by atoms with E-state index in [1.54, 1.807) is 18.2 Å². The van der Waals surface area contributed by atoms with Crippen molar-refractivity contribution in [2.24, 2.45) is 5.92 Å². The van der Waals surface area contributed by atoms with Gasteiger partial charge in [0.2, 0.25) is 17.6 Å². The third kappa shape index (κ3) is 5.46. The number of nitriles is 1. The summed E-state index contributed by atoms with van der Waals surface area (Å²) in [6.07, 6.45) is 2.08. The highest BCUT2D eigenvalue weighted by Crippen LogP contribution is 2.29. The van der Waals surface area contributed by atoms with Crippen LogP contribution in [0, 0.1) is 17.2 Å². The first-order chi connectivity index (χ1) is 15.5. The molecule has 2 aromatic carbocycles. The molecular formula is C23H21Cl2N5O2. The normalized spacial score (nSPS) is 16.5. The minimum Gasteiger partial charge on any atom is -0.338 e. The van der Waals surface area contributed by atoms with Gasteiger partial charge in [0.25, 0.3) is 0 Å². The summed E-state index contributed by atoms with van der Waals surface area (Å²) in [6, 6.07) is 14.6. The molecule has 164 valence electrons. The van der Waals surface area contributed by atoms with Crippen molar-refractivity contribution in [2.45, 2.75) is 25.8 Å². The number of aromatic nitrogens is 2. The van der Waals surface area contributed by atoms with E-state index >= 15 is 0 Å². The van der Waals surface area contributed by atoms with Gasteiger partial charge in [-0.1, -0.05) is 40.5 Å². The van der Waals surface area contributed by atoms with Crippen molar-refractivity contribution in [1.29, 1.82) is 5.26 Å². The van der Waals surface area contributed by atoms with E-state index in [0.29, 0.717) is 46.8 Å². The molecule has 1 N–H and O–H groups in total. The van der Waals surface area contributed by atoms with Crippen molar-refractivity contribution in [3.63, 3.8) is 0 Å². The van der Waals surface area contributed by atoms with Crippen molar-refractivity contribution in [3.05, 3.63) is 64.0 Å². The van der Waals surface area contributed by atoms with Crippen LogP contribution in [0.1, 0.15) is 24.3 Å². The van der Waals surface area contributed by atoms with Crippen LogP contribution in [0.2, 0.25) is 10.0 Å². The highest BCUT2D eigenvalue weighted by molar-refractivity contribution is 6.36. The molecule has 0 aliphatic carbocycles. The average molecular weight is 470 g/mol. The van der Waals surface area contributed by atoms with E-state index < -0.39 is 0 Å². The Morgan fingerprint density at radius 3 is 2.81 bits per heavy atom. The van der Waals surface area contributed by atoms with Crippen LogP contribution >= 0.6 is 23.2 Å². The monoisotopic (exact) mass is 469 g/mol. The van der Waals surface area contributed by atoms with E-state index in [9.17, 15) is 4.79 Å². The number of anilines is 1. The molecule has 0 radical (unpaired) electrons. The lowest BCUT2D eigenvalue weighted by Gasteiger charge is -2.30. The summed E-state index contributed by atoms with van der Waals surface area (Å²) in [7, 11) is 0. The Morgan fingerprint density at radius 2 is 2.06 bits per heavy atom. The predicted octanol–water partition coefficient (Wildman–Crippen LogP) is 4.96. The molecule has 2 heterocycles. The number of benzene rings is 2. The van der Waals surface area contributed by atoms with E-state index in [-0.39, 0.29) is 11.8 Å². The summed E-state index contributed by atoms with van der Waals surface area (Å²) >= 11 is 12.2. The molecule has 1 aliphatic heterocycles. The molecule has 4 rings (SSSR count). The van der Waals surface area contributed by atoms with Crippen LogP contribution in [0.15, 0.2) is 47.0 Å². The second-order valence-corrected chi connectivity index (χ2v) is 8.57. The third-order valence-electron chi connectivity index (χ3n) is 5.38. The lowest BCUT2D eigenvalue weighted by molar-refractivity contribution is -0.121. The van der Waals surface area contributed by atoms with Gasteiger partial charge in [-0.2, -0.15) is 10.2 Å². The molecule has 1 amide bonds. The number of hydrogen-bond donors (Lipinski definition) is 1. The van der Waals surface area contributed by atoms with E-state index in [2.05, 4.69) is 26.4 Å². The Kier molecular flexibility index (Phi) is 7.05. The van der Waals surface area contributed by atoms with Gasteiger partial charge in [0, 0.05) is 22.8 Å². The maximum atomic E-state index is 12.8. The van der Waals surface area contributed by atoms with Crippen molar-refractivity contribution >= 4 is 34.8 Å². The molecule has 1 aromatic heterocycles. The minimum absolute atomic E-state index is 0.0121. The zero-order valence-electron chi connectivity index (χ0n) is 17.2. The molecule has 0 spiro atoms. The van der Waals surface area contributed by atoms with E-state index in [1.807, 2.05) is 24.3 Å². The number of rotatable bonds is 6. The lowest BCUT2D eigenvalue weighted by atomic mass is 9.97. The molecule has 32 heavy (non-hydrogen) atoms. The molecule has 7 nitrogen and oxygen atoms in total. The topological polar surface area (TPSA) is 95.1 Å². The highest BCUT2D eigenvalue weighted by atomic mass is 35.5. The molecule has 1 aliphatic rings. The van der Waals surface area contributed by atoms with Crippen molar-refractivity contribution in [2.75, 3.05) is 18.4 Å². The Balaban J connectivity index is 1.35. The van der Waals surface area contributed by atoms with E-state index in [4.69, 9.17) is 33.0 Å². The number of likely N-dealkylation sites (tertiary alicyclic amines) is 1. The fraction of sp³-hybridized carbons (Fsp3) is 0.304. The molecule has 0 bridgehead atoms. The summed E-state index contributed by atoms with van der Waals surface area (Å²) < 4.78 is 5.41. The zero-order valence-corrected chi connectivity index (χ0v) is 18.7. The number of halogens is 2. The Morgan fingerprint density at radius 1 is 1.25 bits per heavy atom. The van der Waals surface area contributed by atoms with Crippen LogP contribution in [0.3, 0.4) is 0 Å². The number of carbonyl (C=O) groups excluding carboxylic acids is 1. The van der Waals surface area contributed by atoms with Crippen LogP contribution in [-0.4, -0.2) is 34.0 Å². The van der Waals surface area contributed by atoms with Crippen LogP contribution in [0.4, 0.5) is 5.69 Å². The van der Waals surface area contributed by atoms with Gasteiger partial charge in [-0.25, -0.2) is 0 Å². The molecule has 0 saturated carbocycles. The average Bonchev–Trinajstić information content (AvgIpc) is 3.23. The Bertz CT molecular complexity index is 1140. The standard InChI is InChI=1S/C23H21Cl2N5O2/c24-17-5-8-19(20(25)12-17)22-28-21(32-29-22)14-30-11-1-2-16(13-30)23(31)27-18-6-3-15(4-7-18)9-10-26/h3-8,12,16H,1-2,9,11,13-14H2,(H,27,31).